The lowest BCUT2D eigenvalue weighted by atomic mass is 9.95. The molecule has 1 fully saturated rings. The average molecular weight is 224 g/mol. The maximum absolute atomic E-state index is 5.67. The molecular formula is C11H20N4O. The van der Waals surface area contributed by atoms with Crippen LogP contribution in [0.25, 0.3) is 0 Å². The molecule has 1 aliphatic rings. The van der Waals surface area contributed by atoms with Gasteiger partial charge in [0.1, 0.15) is 12.4 Å². The molecule has 90 valence electrons. The SMILES string of the molecule is COC(CN)c1nncn1C1CCCCC1. The molecule has 0 saturated heterocycles. The predicted molar refractivity (Wildman–Crippen MR) is 60.9 cm³/mol. The molecule has 0 bridgehead atoms. The zero-order valence-electron chi connectivity index (χ0n) is 9.80. The molecule has 2 rings (SSSR count). The first-order chi connectivity index (χ1) is 7.86. The highest BCUT2D eigenvalue weighted by Gasteiger charge is 2.22. The second-order valence-corrected chi connectivity index (χ2v) is 4.35. The van der Waals surface area contributed by atoms with Gasteiger partial charge in [0.15, 0.2) is 5.82 Å². The fraction of sp³-hybridized carbons (Fsp3) is 0.818. The fourth-order valence-electron chi connectivity index (χ4n) is 2.43. The second kappa shape index (κ2) is 5.41. The van der Waals surface area contributed by atoms with Crippen molar-refractivity contribution in [1.82, 2.24) is 14.8 Å². The van der Waals surface area contributed by atoms with E-state index in [-0.39, 0.29) is 6.10 Å². The molecule has 5 nitrogen and oxygen atoms in total. The van der Waals surface area contributed by atoms with Gasteiger partial charge >= 0.3 is 0 Å². The molecule has 1 aromatic heterocycles. The fourth-order valence-corrected chi connectivity index (χ4v) is 2.43. The second-order valence-electron chi connectivity index (χ2n) is 4.35. The third-order valence-corrected chi connectivity index (χ3v) is 3.36. The number of nitrogens with zero attached hydrogens (tertiary/aromatic N) is 3. The van der Waals surface area contributed by atoms with Crippen LogP contribution in [0.1, 0.15) is 50.1 Å². The monoisotopic (exact) mass is 224 g/mol. The molecule has 1 aromatic rings. The number of hydrogen-bond donors (Lipinski definition) is 1. The Kier molecular flexibility index (Phi) is 3.90. The summed E-state index contributed by atoms with van der Waals surface area (Å²) < 4.78 is 7.48. The molecule has 1 heterocycles. The van der Waals surface area contributed by atoms with Crippen LogP contribution in [-0.4, -0.2) is 28.4 Å². The van der Waals surface area contributed by atoms with E-state index in [9.17, 15) is 0 Å². The van der Waals surface area contributed by atoms with Crippen LogP contribution in [0, 0.1) is 0 Å². The van der Waals surface area contributed by atoms with Crippen molar-refractivity contribution in [1.29, 1.82) is 0 Å². The van der Waals surface area contributed by atoms with Crippen LogP contribution in [0.3, 0.4) is 0 Å². The topological polar surface area (TPSA) is 66.0 Å². The highest BCUT2D eigenvalue weighted by Crippen LogP contribution is 2.30. The summed E-state index contributed by atoms with van der Waals surface area (Å²) >= 11 is 0. The lowest BCUT2D eigenvalue weighted by Crippen LogP contribution is -2.22. The summed E-state index contributed by atoms with van der Waals surface area (Å²) in [7, 11) is 1.66. The van der Waals surface area contributed by atoms with E-state index < -0.39 is 0 Å². The van der Waals surface area contributed by atoms with Crippen LogP contribution in [0.2, 0.25) is 0 Å². The third kappa shape index (κ3) is 2.25. The first-order valence-electron chi connectivity index (χ1n) is 5.99. The molecule has 2 N–H and O–H groups in total. The van der Waals surface area contributed by atoms with E-state index in [1.807, 2.05) is 6.33 Å². The van der Waals surface area contributed by atoms with Crippen molar-refractivity contribution in [2.24, 2.45) is 5.73 Å². The average Bonchev–Trinajstić information content (AvgIpc) is 2.81. The van der Waals surface area contributed by atoms with Gasteiger partial charge in [-0.25, -0.2) is 0 Å². The highest BCUT2D eigenvalue weighted by atomic mass is 16.5. The summed E-state index contributed by atoms with van der Waals surface area (Å²) in [6.45, 7) is 0.446. The lowest BCUT2D eigenvalue weighted by Gasteiger charge is -2.25. The van der Waals surface area contributed by atoms with Crippen molar-refractivity contribution >= 4 is 0 Å². The molecular weight excluding hydrogens is 204 g/mol. The number of aromatic nitrogens is 3. The number of nitrogens with two attached hydrogens (primary N) is 1. The van der Waals surface area contributed by atoms with Gasteiger partial charge in [-0.15, -0.1) is 10.2 Å². The zero-order chi connectivity index (χ0) is 11.4. The summed E-state index contributed by atoms with van der Waals surface area (Å²) in [5.74, 6) is 0.872. The number of ether oxygens (including phenoxy) is 1. The Hall–Kier alpha value is -0.940. The van der Waals surface area contributed by atoms with E-state index in [2.05, 4.69) is 14.8 Å². The van der Waals surface area contributed by atoms with Gasteiger partial charge in [-0.3, -0.25) is 0 Å². The van der Waals surface area contributed by atoms with Crippen molar-refractivity contribution < 1.29 is 4.74 Å². The molecule has 0 radical (unpaired) electrons. The van der Waals surface area contributed by atoms with Crippen molar-refractivity contribution in [2.75, 3.05) is 13.7 Å². The van der Waals surface area contributed by atoms with Gasteiger partial charge in [-0.2, -0.15) is 0 Å². The normalized spacial score (nSPS) is 19.9. The van der Waals surface area contributed by atoms with E-state index in [1.165, 1.54) is 32.1 Å². The number of hydrogen-bond acceptors (Lipinski definition) is 4. The van der Waals surface area contributed by atoms with Crippen LogP contribution in [0.5, 0.6) is 0 Å². The predicted octanol–water partition coefficient (Wildman–Crippen LogP) is 1.43. The van der Waals surface area contributed by atoms with E-state index >= 15 is 0 Å². The smallest absolute Gasteiger partial charge is 0.163 e. The standard InChI is InChI=1S/C11H20N4O/c1-16-10(7-12)11-14-13-8-15(11)9-5-3-2-4-6-9/h8-10H,2-7,12H2,1H3. The minimum absolute atomic E-state index is 0.135. The first-order valence-corrected chi connectivity index (χ1v) is 5.99. The Bertz CT molecular complexity index is 316. The Morgan fingerprint density at radius 2 is 2.25 bits per heavy atom. The molecule has 0 aromatic carbocycles. The van der Waals surface area contributed by atoms with Crippen LogP contribution in [0.4, 0.5) is 0 Å². The first kappa shape index (κ1) is 11.5. The highest BCUT2D eigenvalue weighted by molar-refractivity contribution is 4.96. The van der Waals surface area contributed by atoms with E-state index in [1.54, 1.807) is 7.11 Å². The number of rotatable bonds is 4. The third-order valence-electron chi connectivity index (χ3n) is 3.36. The van der Waals surface area contributed by atoms with E-state index in [4.69, 9.17) is 10.5 Å². The van der Waals surface area contributed by atoms with Crippen LogP contribution in [0.15, 0.2) is 6.33 Å². The van der Waals surface area contributed by atoms with Crippen molar-refractivity contribution in [3.05, 3.63) is 12.2 Å². The molecule has 1 atom stereocenters. The van der Waals surface area contributed by atoms with Gasteiger partial charge in [-0.1, -0.05) is 19.3 Å². The summed E-state index contributed by atoms with van der Waals surface area (Å²) in [5, 5.41) is 8.13. The van der Waals surface area contributed by atoms with Gasteiger partial charge in [0.05, 0.1) is 0 Å². The van der Waals surface area contributed by atoms with Gasteiger partial charge in [-0.05, 0) is 12.8 Å². The summed E-state index contributed by atoms with van der Waals surface area (Å²) in [6.07, 6.45) is 8.04. The van der Waals surface area contributed by atoms with Crippen LogP contribution in [-0.2, 0) is 4.74 Å². The minimum Gasteiger partial charge on any atom is -0.372 e. The molecule has 0 aliphatic heterocycles. The van der Waals surface area contributed by atoms with Crippen molar-refractivity contribution in [2.45, 2.75) is 44.2 Å². The summed E-state index contributed by atoms with van der Waals surface area (Å²) in [5.41, 5.74) is 5.67. The Morgan fingerprint density at radius 1 is 1.50 bits per heavy atom. The molecule has 1 saturated carbocycles. The maximum atomic E-state index is 5.67. The molecule has 0 spiro atoms. The molecule has 5 heteroatoms. The molecule has 1 aliphatic carbocycles. The van der Waals surface area contributed by atoms with Gasteiger partial charge in [0, 0.05) is 19.7 Å². The summed E-state index contributed by atoms with van der Waals surface area (Å²) in [6, 6.07) is 0.531. The quantitative estimate of drug-likeness (QED) is 0.840. The van der Waals surface area contributed by atoms with Crippen LogP contribution < -0.4 is 5.73 Å². The maximum Gasteiger partial charge on any atom is 0.163 e. The number of methoxy groups -OCH3 is 1. The molecule has 0 amide bonds. The summed E-state index contributed by atoms with van der Waals surface area (Å²) in [4.78, 5) is 0. The van der Waals surface area contributed by atoms with Gasteiger partial charge in [0.25, 0.3) is 0 Å². The Morgan fingerprint density at radius 3 is 2.88 bits per heavy atom. The zero-order valence-corrected chi connectivity index (χ0v) is 9.80. The van der Waals surface area contributed by atoms with Gasteiger partial charge in [0.2, 0.25) is 0 Å². The Balaban J connectivity index is 2.16. The molecule has 1 unspecified atom stereocenters. The largest absolute Gasteiger partial charge is 0.372 e. The van der Waals surface area contributed by atoms with Crippen molar-refractivity contribution in [3.8, 4) is 0 Å². The Labute approximate surface area is 96.0 Å². The van der Waals surface area contributed by atoms with Crippen molar-refractivity contribution in [3.63, 3.8) is 0 Å². The van der Waals surface area contributed by atoms with E-state index in [0.29, 0.717) is 12.6 Å². The molecule has 16 heavy (non-hydrogen) atoms. The minimum atomic E-state index is -0.135. The van der Waals surface area contributed by atoms with E-state index in [0.717, 1.165) is 5.82 Å². The van der Waals surface area contributed by atoms with Gasteiger partial charge < -0.3 is 15.0 Å². The lowest BCUT2D eigenvalue weighted by molar-refractivity contribution is 0.0965. The van der Waals surface area contributed by atoms with Crippen LogP contribution >= 0.6 is 0 Å².